The Kier molecular flexibility index (Phi) is 4.10. The van der Waals surface area contributed by atoms with E-state index in [1.54, 1.807) is 0 Å². The van der Waals surface area contributed by atoms with E-state index in [0.717, 1.165) is 5.69 Å². The molecule has 0 aliphatic heterocycles. The molecule has 92 valence electrons. The number of aliphatic hydroxyl groups excluding tert-OH is 1. The number of imidazole rings is 1. The fourth-order valence-electron chi connectivity index (χ4n) is 2.05. The molecule has 0 aliphatic carbocycles. The van der Waals surface area contributed by atoms with Crippen molar-refractivity contribution in [3.8, 4) is 0 Å². The van der Waals surface area contributed by atoms with Crippen LogP contribution in [0.4, 0.5) is 0 Å². The van der Waals surface area contributed by atoms with E-state index < -0.39 is 0 Å². The van der Waals surface area contributed by atoms with Crippen molar-refractivity contribution in [3.63, 3.8) is 0 Å². The maximum atomic E-state index is 9.14. The van der Waals surface area contributed by atoms with E-state index in [1.807, 2.05) is 26.4 Å². The molecule has 0 aliphatic rings. The van der Waals surface area contributed by atoms with Crippen molar-refractivity contribution in [2.75, 3.05) is 6.61 Å². The number of nitrogens with two attached hydrogens (primary N) is 1. The van der Waals surface area contributed by atoms with Crippen LogP contribution in [0, 0.1) is 0 Å². The zero-order chi connectivity index (χ0) is 12.3. The third kappa shape index (κ3) is 2.83. The zero-order valence-electron chi connectivity index (χ0n) is 10.6. The summed E-state index contributed by atoms with van der Waals surface area (Å²) in [4.78, 5) is 4.19. The highest BCUT2D eigenvalue weighted by Gasteiger charge is 2.29. The highest BCUT2D eigenvalue weighted by Crippen LogP contribution is 2.30. The summed E-state index contributed by atoms with van der Waals surface area (Å²) in [6, 6.07) is 0.362. The van der Waals surface area contributed by atoms with Crippen molar-refractivity contribution in [2.24, 2.45) is 5.73 Å². The maximum Gasteiger partial charge on any atom is 0.0950 e. The Morgan fingerprint density at radius 2 is 2.12 bits per heavy atom. The van der Waals surface area contributed by atoms with Gasteiger partial charge in [-0.1, -0.05) is 0 Å². The topological polar surface area (TPSA) is 64.1 Å². The molecule has 1 atom stereocenters. The predicted octanol–water partition coefficient (Wildman–Crippen LogP) is 1.67. The molecule has 1 rings (SSSR count). The summed E-state index contributed by atoms with van der Waals surface area (Å²) in [6.07, 6.45) is 4.35. The Labute approximate surface area is 97.5 Å². The molecule has 16 heavy (non-hydrogen) atoms. The van der Waals surface area contributed by atoms with Crippen LogP contribution in [0.2, 0.25) is 0 Å². The minimum absolute atomic E-state index is 0.127. The second-order valence-electron chi connectivity index (χ2n) is 5.21. The van der Waals surface area contributed by atoms with Crippen LogP contribution in [0.15, 0.2) is 12.5 Å². The normalized spacial score (nSPS) is 14.4. The predicted molar refractivity (Wildman–Crippen MR) is 65.3 cm³/mol. The molecule has 1 heterocycles. The molecule has 4 nitrogen and oxygen atoms in total. The smallest absolute Gasteiger partial charge is 0.0950 e. The second kappa shape index (κ2) is 4.97. The van der Waals surface area contributed by atoms with Crippen LogP contribution in [0.25, 0.3) is 0 Å². The minimum atomic E-state index is -0.352. The molecule has 1 aromatic rings. The largest absolute Gasteiger partial charge is 0.396 e. The van der Waals surface area contributed by atoms with Crippen LogP contribution >= 0.6 is 0 Å². The Balaban J connectivity index is 3.06. The van der Waals surface area contributed by atoms with E-state index in [0.29, 0.717) is 12.5 Å². The van der Waals surface area contributed by atoms with Gasteiger partial charge in [-0.2, -0.15) is 0 Å². The molecule has 1 aromatic heterocycles. The van der Waals surface area contributed by atoms with E-state index in [4.69, 9.17) is 10.8 Å². The van der Waals surface area contributed by atoms with Crippen LogP contribution in [0.1, 0.15) is 51.8 Å². The SMILES string of the molecule is CC(C)n1cncc1C(CCO)C(C)(C)N. The van der Waals surface area contributed by atoms with Crippen LogP contribution in [0.3, 0.4) is 0 Å². The molecule has 0 spiro atoms. The van der Waals surface area contributed by atoms with Gasteiger partial charge in [0.05, 0.1) is 6.33 Å². The van der Waals surface area contributed by atoms with Crippen molar-refractivity contribution in [1.82, 2.24) is 9.55 Å². The summed E-state index contributed by atoms with van der Waals surface area (Å²) in [5, 5.41) is 9.14. The molecule has 0 bridgehead atoms. The van der Waals surface area contributed by atoms with Gasteiger partial charge in [-0.05, 0) is 34.1 Å². The van der Waals surface area contributed by atoms with Gasteiger partial charge in [-0.15, -0.1) is 0 Å². The first-order valence-corrected chi connectivity index (χ1v) is 5.79. The number of rotatable bonds is 5. The lowest BCUT2D eigenvalue weighted by Crippen LogP contribution is -2.40. The van der Waals surface area contributed by atoms with Crippen molar-refractivity contribution in [3.05, 3.63) is 18.2 Å². The molecule has 0 saturated heterocycles. The average Bonchev–Trinajstić information content (AvgIpc) is 2.60. The quantitative estimate of drug-likeness (QED) is 0.801. The van der Waals surface area contributed by atoms with Gasteiger partial charge < -0.3 is 15.4 Å². The maximum absolute atomic E-state index is 9.14. The Morgan fingerprint density at radius 3 is 2.56 bits per heavy atom. The molecular formula is C12H23N3O. The number of aliphatic hydroxyl groups is 1. The van der Waals surface area contributed by atoms with Gasteiger partial charge in [0.15, 0.2) is 0 Å². The highest BCUT2D eigenvalue weighted by atomic mass is 16.3. The van der Waals surface area contributed by atoms with E-state index in [2.05, 4.69) is 23.4 Å². The lowest BCUT2D eigenvalue weighted by atomic mass is 9.83. The number of nitrogens with zero attached hydrogens (tertiary/aromatic N) is 2. The third-order valence-electron chi connectivity index (χ3n) is 2.93. The molecule has 0 amide bonds. The standard InChI is InChI=1S/C12H23N3O/c1-9(2)15-8-14-7-11(15)10(5-6-16)12(3,4)13/h7-10,16H,5-6,13H2,1-4H3. The zero-order valence-corrected chi connectivity index (χ0v) is 10.6. The molecule has 0 radical (unpaired) electrons. The average molecular weight is 225 g/mol. The van der Waals surface area contributed by atoms with Crippen LogP contribution in [-0.2, 0) is 0 Å². The van der Waals surface area contributed by atoms with E-state index in [1.165, 1.54) is 0 Å². The van der Waals surface area contributed by atoms with E-state index >= 15 is 0 Å². The summed E-state index contributed by atoms with van der Waals surface area (Å²) in [7, 11) is 0. The fraction of sp³-hybridized carbons (Fsp3) is 0.750. The third-order valence-corrected chi connectivity index (χ3v) is 2.93. The van der Waals surface area contributed by atoms with Crippen molar-refractivity contribution in [2.45, 2.75) is 51.6 Å². The summed E-state index contributed by atoms with van der Waals surface area (Å²) in [6.45, 7) is 8.36. The van der Waals surface area contributed by atoms with Gasteiger partial charge >= 0.3 is 0 Å². The second-order valence-corrected chi connectivity index (χ2v) is 5.21. The Bertz CT molecular complexity index is 325. The first-order valence-electron chi connectivity index (χ1n) is 5.79. The summed E-state index contributed by atoms with van der Waals surface area (Å²) in [5.41, 5.74) is 6.93. The van der Waals surface area contributed by atoms with Gasteiger partial charge in [0, 0.05) is 36.0 Å². The Hall–Kier alpha value is -0.870. The number of hydrogen-bond donors (Lipinski definition) is 2. The molecule has 4 heteroatoms. The monoisotopic (exact) mass is 225 g/mol. The van der Waals surface area contributed by atoms with Gasteiger partial charge in [0.1, 0.15) is 0 Å². The lowest BCUT2D eigenvalue weighted by Gasteiger charge is -2.31. The van der Waals surface area contributed by atoms with Crippen molar-refractivity contribution < 1.29 is 5.11 Å². The van der Waals surface area contributed by atoms with Crippen molar-refractivity contribution >= 4 is 0 Å². The molecular weight excluding hydrogens is 202 g/mol. The summed E-state index contributed by atoms with van der Waals surface area (Å²) < 4.78 is 2.12. The van der Waals surface area contributed by atoms with E-state index in [-0.39, 0.29) is 18.1 Å². The first-order chi connectivity index (χ1) is 7.38. The Morgan fingerprint density at radius 1 is 1.50 bits per heavy atom. The molecule has 0 fully saturated rings. The minimum Gasteiger partial charge on any atom is -0.396 e. The molecule has 3 N–H and O–H groups in total. The van der Waals surface area contributed by atoms with Gasteiger partial charge in [-0.25, -0.2) is 4.98 Å². The van der Waals surface area contributed by atoms with Gasteiger partial charge in [0.25, 0.3) is 0 Å². The first kappa shape index (κ1) is 13.2. The van der Waals surface area contributed by atoms with Gasteiger partial charge in [-0.3, -0.25) is 0 Å². The van der Waals surface area contributed by atoms with Crippen LogP contribution in [-0.4, -0.2) is 26.8 Å². The number of aromatic nitrogens is 2. The highest BCUT2D eigenvalue weighted by molar-refractivity contribution is 5.13. The van der Waals surface area contributed by atoms with Crippen LogP contribution < -0.4 is 5.73 Å². The molecule has 0 saturated carbocycles. The van der Waals surface area contributed by atoms with Crippen molar-refractivity contribution in [1.29, 1.82) is 0 Å². The molecule has 1 unspecified atom stereocenters. The van der Waals surface area contributed by atoms with Gasteiger partial charge in [0.2, 0.25) is 0 Å². The fourth-order valence-corrected chi connectivity index (χ4v) is 2.05. The molecule has 0 aromatic carbocycles. The lowest BCUT2D eigenvalue weighted by molar-refractivity contribution is 0.245. The van der Waals surface area contributed by atoms with E-state index in [9.17, 15) is 0 Å². The summed E-state index contributed by atoms with van der Waals surface area (Å²) in [5.74, 6) is 0.127. The van der Waals surface area contributed by atoms with Crippen LogP contribution in [0.5, 0.6) is 0 Å². The number of hydrogen-bond acceptors (Lipinski definition) is 3. The summed E-state index contributed by atoms with van der Waals surface area (Å²) >= 11 is 0.